The Morgan fingerprint density at radius 1 is 1.00 bits per heavy atom. The highest BCUT2D eigenvalue weighted by Gasteiger charge is 2.18. The normalized spacial score (nSPS) is 14.9. The van der Waals surface area contributed by atoms with Crippen LogP contribution in [0.25, 0.3) is 22.2 Å². The molecule has 0 spiro atoms. The van der Waals surface area contributed by atoms with E-state index in [4.69, 9.17) is 0 Å². The summed E-state index contributed by atoms with van der Waals surface area (Å²) in [6.45, 7) is 12.6. The van der Waals surface area contributed by atoms with E-state index in [0.717, 1.165) is 30.9 Å². The van der Waals surface area contributed by atoms with Crippen LogP contribution in [0.5, 0.6) is 0 Å². The summed E-state index contributed by atoms with van der Waals surface area (Å²) in [6, 6.07) is 11.4. The average molecular weight is 364 g/mol. The third-order valence-corrected chi connectivity index (χ3v) is 5.46. The molecule has 0 amide bonds. The maximum Gasteiger partial charge on any atom is 0.0498 e. The van der Waals surface area contributed by atoms with Crippen molar-refractivity contribution in [1.82, 2.24) is 15.3 Å². The highest BCUT2D eigenvalue weighted by atomic mass is 14.9. The summed E-state index contributed by atoms with van der Waals surface area (Å²) in [4.78, 5) is 8.25. The first-order chi connectivity index (χ1) is 13.2. The van der Waals surface area contributed by atoms with E-state index in [9.17, 15) is 0 Å². The first-order valence-electron chi connectivity index (χ1n) is 10.5. The molecular weight excluding hydrogens is 330 g/mol. The van der Waals surface area contributed by atoms with Gasteiger partial charge in [-0.05, 0) is 81.4 Å². The van der Waals surface area contributed by atoms with E-state index in [1.807, 2.05) is 13.8 Å². The van der Waals surface area contributed by atoms with Crippen molar-refractivity contribution in [3.63, 3.8) is 0 Å². The molecule has 27 heavy (non-hydrogen) atoms. The van der Waals surface area contributed by atoms with Gasteiger partial charge in [-0.15, -0.1) is 0 Å². The fourth-order valence-electron chi connectivity index (χ4n) is 4.27. The molecule has 0 unspecified atom stereocenters. The summed E-state index contributed by atoms with van der Waals surface area (Å²) in [5.41, 5.74) is 8.82. The number of benzene rings is 1. The van der Waals surface area contributed by atoms with E-state index in [1.165, 1.54) is 46.1 Å². The van der Waals surface area contributed by atoms with Gasteiger partial charge in [-0.2, -0.15) is 0 Å². The Balaban J connectivity index is 0.00000102. The number of piperidine rings is 1. The number of hydrogen-bond donors (Lipinski definition) is 2. The highest BCUT2D eigenvalue weighted by molar-refractivity contribution is 5.91. The zero-order valence-electron chi connectivity index (χ0n) is 17.4. The van der Waals surface area contributed by atoms with E-state index >= 15 is 0 Å². The molecule has 1 aromatic carbocycles. The number of aromatic nitrogens is 2. The third kappa shape index (κ3) is 4.08. The minimum atomic E-state index is 0.688. The lowest BCUT2D eigenvalue weighted by atomic mass is 9.89. The lowest BCUT2D eigenvalue weighted by molar-refractivity contribution is 0.460. The molecule has 3 nitrogen and oxygen atoms in total. The predicted octanol–water partition coefficient (Wildman–Crippen LogP) is 5.90. The van der Waals surface area contributed by atoms with Crippen LogP contribution in [0.3, 0.4) is 0 Å². The quantitative estimate of drug-likeness (QED) is 0.608. The second-order valence-corrected chi connectivity index (χ2v) is 7.30. The number of aryl methyl sites for hydroxylation is 3. The summed E-state index contributed by atoms with van der Waals surface area (Å²) in [6.07, 6.45) is 3.51. The van der Waals surface area contributed by atoms with Crippen molar-refractivity contribution in [3.05, 3.63) is 52.8 Å². The maximum absolute atomic E-state index is 4.52. The van der Waals surface area contributed by atoms with Gasteiger partial charge in [0, 0.05) is 33.5 Å². The van der Waals surface area contributed by atoms with Gasteiger partial charge in [-0.3, -0.25) is 4.98 Å². The molecule has 4 rings (SSSR count). The molecule has 3 heterocycles. The monoisotopic (exact) mass is 363 g/mol. The molecule has 0 aliphatic carbocycles. The van der Waals surface area contributed by atoms with Gasteiger partial charge in [0.1, 0.15) is 0 Å². The molecule has 0 atom stereocenters. The summed E-state index contributed by atoms with van der Waals surface area (Å²) in [5.74, 6) is 0.688. The van der Waals surface area contributed by atoms with Gasteiger partial charge in [0.25, 0.3) is 0 Å². The number of nitrogens with one attached hydrogen (secondary N) is 2. The van der Waals surface area contributed by atoms with Gasteiger partial charge in [0.05, 0.1) is 0 Å². The van der Waals surface area contributed by atoms with Crippen molar-refractivity contribution in [2.24, 2.45) is 0 Å². The number of fused-ring (bicyclic) bond motifs is 1. The minimum Gasteiger partial charge on any atom is -0.354 e. The van der Waals surface area contributed by atoms with E-state index in [-0.39, 0.29) is 0 Å². The standard InChI is InChI=1S/C22H27N3.C2H6/c1-4-19-20-6-5-17(16-7-9-23-10-8-16)13-21(20)25-22(19)18-11-14(2)24-15(3)12-18;1-2/h5-6,11-13,16,23,25H,4,7-10H2,1-3H3;1-2H3. The summed E-state index contributed by atoms with van der Waals surface area (Å²) in [5, 5.41) is 4.83. The van der Waals surface area contributed by atoms with Crippen molar-refractivity contribution in [2.45, 2.75) is 59.8 Å². The molecule has 1 aliphatic heterocycles. The molecular formula is C24H33N3. The molecule has 144 valence electrons. The Morgan fingerprint density at radius 2 is 1.67 bits per heavy atom. The minimum absolute atomic E-state index is 0.688. The topological polar surface area (TPSA) is 40.7 Å². The van der Waals surface area contributed by atoms with Crippen LogP contribution in [0, 0.1) is 13.8 Å². The molecule has 2 aromatic heterocycles. The summed E-state index contributed by atoms with van der Waals surface area (Å²) in [7, 11) is 0. The van der Waals surface area contributed by atoms with Crippen molar-refractivity contribution >= 4 is 10.9 Å². The summed E-state index contributed by atoms with van der Waals surface area (Å²) >= 11 is 0. The van der Waals surface area contributed by atoms with Crippen molar-refractivity contribution < 1.29 is 0 Å². The van der Waals surface area contributed by atoms with Gasteiger partial charge >= 0.3 is 0 Å². The van der Waals surface area contributed by atoms with E-state index in [1.54, 1.807) is 0 Å². The second kappa shape index (κ2) is 8.71. The van der Waals surface area contributed by atoms with Crippen LogP contribution in [0.15, 0.2) is 30.3 Å². The van der Waals surface area contributed by atoms with Crippen molar-refractivity contribution in [2.75, 3.05) is 13.1 Å². The Bertz CT molecular complexity index is 881. The van der Waals surface area contributed by atoms with Crippen LogP contribution in [-0.2, 0) is 6.42 Å². The number of hydrogen-bond acceptors (Lipinski definition) is 2. The Labute approximate surface area is 163 Å². The first-order valence-corrected chi connectivity index (χ1v) is 10.5. The van der Waals surface area contributed by atoms with Gasteiger partial charge < -0.3 is 10.3 Å². The van der Waals surface area contributed by atoms with E-state index in [0.29, 0.717) is 5.92 Å². The molecule has 0 bridgehead atoms. The number of nitrogens with zero attached hydrogens (tertiary/aromatic N) is 1. The second-order valence-electron chi connectivity index (χ2n) is 7.30. The lowest BCUT2D eigenvalue weighted by Crippen LogP contribution is -2.26. The van der Waals surface area contributed by atoms with Gasteiger partial charge in [-0.25, -0.2) is 0 Å². The number of rotatable bonds is 3. The largest absolute Gasteiger partial charge is 0.354 e. The fourth-order valence-corrected chi connectivity index (χ4v) is 4.27. The molecule has 1 saturated heterocycles. The average Bonchev–Trinajstić information content (AvgIpc) is 3.07. The Morgan fingerprint density at radius 3 is 2.30 bits per heavy atom. The van der Waals surface area contributed by atoms with Crippen LogP contribution >= 0.6 is 0 Å². The maximum atomic E-state index is 4.52. The molecule has 3 aromatic rings. The van der Waals surface area contributed by atoms with Crippen LogP contribution in [-0.4, -0.2) is 23.1 Å². The lowest BCUT2D eigenvalue weighted by Gasteiger charge is -2.23. The number of aromatic amines is 1. The third-order valence-electron chi connectivity index (χ3n) is 5.46. The zero-order chi connectivity index (χ0) is 19.4. The van der Waals surface area contributed by atoms with Crippen molar-refractivity contribution in [3.8, 4) is 11.3 Å². The molecule has 1 aliphatic rings. The molecule has 2 N–H and O–H groups in total. The van der Waals surface area contributed by atoms with Crippen LogP contribution in [0.2, 0.25) is 0 Å². The first kappa shape index (κ1) is 19.6. The molecule has 1 fully saturated rings. The number of pyridine rings is 1. The Hall–Kier alpha value is -2.13. The van der Waals surface area contributed by atoms with E-state index in [2.05, 4.69) is 66.4 Å². The predicted molar refractivity (Wildman–Crippen MR) is 117 cm³/mol. The van der Waals surface area contributed by atoms with E-state index < -0.39 is 0 Å². The van der Waals surface area contributed by atoms with Crippen LogP contribution in [0.1, 0.15) is 62.0 Å². The molecule has 0 saturated carbocycles. The number of H-pyrrole nitrogens is 1. The highest BCUT2D eigenvalue weighted by Crippen LogP contribution is 2.34. The van der Waals surface area contributed by atoms with Gasteiger partial charge in [0.15, 0.2) is 0 Å². The fraction of sp³-hybridized carbons (Fsp3) is 0.458. The molecule has 0 radical (unpaired) electrons. The van der Waals surface area contributed by atoms with Gasteiger partial charge in [-0.1, -0.05) is 32.9 Å². The molecule has 3 heteroatoms. The zero-order valence-corrected chi connectivity index (χ0v) is 17.4. The SMILES string of the molecule is CC.CCc1c(-c2cc(C)nc(C)c2)[nH]c2cc(C3CCNCC3)ccc12. The van der Waals surface area contributed by atoms with Gasteiger partial charge in [0.2, 0.25) is 0 Å². The smallest absolute Gasteiger partial charge is 0.0498 e. The van der Waals surface area contributed by atoms with Crippen LogP contribution in [0.4, 0.5) is 0 Å². The van der Waals surface area contributed by atoms with Crippen LogP contribution < -0.4 is 5.32 Å². The summed E-state index contributed by atoms with van der Waals surface area (Å²) < 4.78 is 0. The Kier molecular flexibility index (Phi) is 6.33. The van der Waals surface area contributed by atoms with Crippen molar-refractivity contribution in [1.29, 1.82) is 0 Å².